The lowest BCUT2D eigenvalue weighted by Crippen LogP contribution is -2.45. The minimum Gasteiger partial charge on any atom is -0.385 e. The van der Waals surface area contributed by atoms with Crippen molar-refractivity contribution in [3.8, 4) is 5.69 Å². The lowest BCUT2D eigenvalue weighted by Gasteiger charge is -2.35. The van der Waals surface area contributed by atoms with Gasteiger partial charge in [0, 0.05) is 23.3 Å². The minimum atomic E-state index is -0.620. The van der Waals surface area contributed by atoms with E-state index in [2.05, 4.69) is 26.0 Å². The van der Waals surface area contributed by atoms with Crippen molar-refractivity contribution >= 4 is 21.9 Å². The van der Waals surface area contributed by atoms with Gasteiger partial charge in [0.25, 0.3) is 0 Å². The van der Waals surface area contributed by atoms with Gasteiger partial charge in [-0.2, -0.15) is 5.10 Å². The Morgan fingerprint density at radius 1 is 1.26 bits per heavy atom. The summed E-state index contributed by atoms with van der Waals surface area (Å²) in [5.41, 5.74) is 14.4. The summed E-state index contributed by atoms with van der Waals surface area (Å²) in [6.45, 7) is 3.97. The highest BCUT2D eigenvalue weighted by atomic mass is 79.9. The Labute approximate surface area is 143 Å². The summed E-state index contributed by atoms with van der Waals surface area (Å²) < 4.78 is 2.82. The van der Waals surface area contributed by atoms with Gasteiger partial charge in [-0.1, -0.05) is 22.0 Å². The number of nitrogens with zero attached hydrogens (tertiary/aromatic N) is 4. The molecule has 0 radical (unpaired) electrons. The largest absolute Gasteiger partial charge is 0.385 e. The Bertz CT molecular complexity index is 821. The van der Waals surface area contributed by atoms with Crippen LogP contribution in [0.15, 0.2) is 57.5 Å². The smallest absolute Gasteiger partial charge is 0.197 e. The zero-order valence-electron chi connectivity index (χ0n) is 13.3. The van der Waals surface area contributed by atoms with Crippen molar-refractivity contribution in [1.29, 1.82) is 0 Å². The van der Waals surface area contributed by atoms with Gasteiger partial charge in [-0.15, -0.1) is 0 Å². The first-order valence-corrected chi connectivity index (χ1v) is 7.99. The fourth-order valence-corrected chi connectivity index (χ4v) is 3.01. The second-order valence-corrected chi connectivity index (χ2v) is 6.68. The summed E-state index contributed by atoms with van der Waals surface area (Å²) in [6, 6.07) is 7.94. The van der Waals surface area contributed by atoms with Crippen LogP contribution in [0, 0.1) is 0 Å². The van der Waals surface area contributed by atoms with Crippen LogP contribution < -0.4 is 11.5 Å². The van der Waals surface area contributed by atoms with Crippen molar-refractivity contribution in [2.75, 3.05) is 7.05 Å². The van der Waals surface area contributed by atoms with Gasteiger partial charge in [-0.25, -0.2) is 9.67 Å². The third-order valence-electron chi connectivity index (χ3n) is 4.38. The van der Waals surface area contributed by atoms with Crippen molar-refractivity contribution in [2.45, 2.75) is 19.4 Å². The number of rotatable bonds is 2. The monoisotopic (exact) mass is 374 g/mol. The molecule has 0 unspecified atom stereocenters. The van der Waals surface area contributed by atoms with Crippen LogP contribution in [0.1, 0.15) is 19.4 Å². The van der Waals surface area contributed by atoms with Crippen LogP contribution in [-0.2, 0) is 5.54 Å². The van der Waals surface area contributed by atoms with Crippen molar-refractivity contribution in [1.82, 2.24) is 14.7 Å². The molecule has 4 N–H and O–H groups in total. The topological polar surface area (TPSA) is 85.5 Å². The zero-order valence-corrected chi connectivity index (χ0v) is 14.9. The standard InChI is InChI=1S/C16H19BrN6/c1-10-14(18)22(3)15(19)21-16(10,2)11-8-20-23(9-11)13-6-4-5-12(17)7-13/h4-9H,18H2,1-3H3,(H2,19,21)/t16-/m0/s1. The molecule has 2 aromatic rings. The number of hydrogen-bond acceptors (Lipinski definition) is 5. The molecule has 0 fully saturated rings. The van der Waals surface area contributed by atoms with Crippen LogP contribution in [0.4, 0.5) is 0 Å². The summed E-state index contributed by atoms with van der Waals surface area (Å²) >= 11 is 3.48. The molecule has 6 nitrogen and oxygen atoms in total. The SMILES string of the molecule is CC1=C(N)N(C)C(N)=N[C@]1(C)c1cnn(-c2cccc(Br)c2)c1. The van der Waals surface area contributed by atoms with Gasteiger partial charge in [0.2, 0.25) is 0 Å². The second-order valence-electron chi connectivity index (χ2n) is 5.76. The van der Waals surface area contributed by atoms with E-state index in [1.54, 1.807) is 11.1 Å². The van der Waals surface area contributed by atoms with Crippen LogP contribution >= 0.6 is 15.9 Å². The van der Waals surface area contributed by atoms with E-state index < -0.39 is 5.54 Å². The quantitative estimate of drug-likeness (QED) is 0.844. The Morgan fingerprint density at radius 3 is 2.70 bits per heavy atom. The van der Waals surface area contributed by atoms with E-state index in [1.165, 1.54) is 0 Å². The Balaban J connectivity index is 2.06. The average molecular weight is 375 g/mol. The summed E-state index contributed by atoms with van der Waals surface area (Å²) in [7, 11) is 1.81. The summed E-state index contributed by atoms with van der Waals surface area (Å²) in [5, 5.41) is 4.46. The third-order valence-corrected chi connectivity index (χ3v) is 4.87. The van der Waals surface area contributed by atoms with Crippen molar-refractivity contribution in [3.05, 3.63) is 58.1 Å². The molecule has 1 aromatic carbocycles. The van der Waals surface area contributed by atoms with Crippen molar-refractivity contribution in [2.24, 2.45) is 16.5 Å². The van der Waals surface area contributed by atoms with E-state index in [9.17, 15) is 0 Å². The number of aliphatic imine (C=N–C) groups is 1. The van der Waals surface area contributed by atoms with Crippen LogP contribution in [-0.4, -0.2) is 27.7 Å². The van der Waals surface area contributed by atoms with Crippen LogP contribution in [0.3, 0.4) is 0 Å². The van der Waals surface area contributed by atoms with E-state index in [-0.39, 0.29) is 0 Å². The molecule has 0 spiro atoms. The van der Waals surface area contributed by atoms with E-state index >= 15 is 0 Å². The maximum absolute atomic E-state index is 6.17. The molecule has 120 valence electrons. The Hall–Kier alpha value is -2.28. The van der Waals surface area contributed by atoms with Gasteiger partial charge < -0.3 is 16.4 Å². The fourth-order valence-electron chi connectivity index (χ4n) is 2.63. The van der Waals surface area contributed by atoms with Crippen LogP contribution in [0.5, 0.6) is 0 Å². The molecule has 0 bridgehead atoms. The lowest BCUT2D eigenvalue weighted by atomic mass is 9.86. The number of aromatic nitrogens is 2. The molecule has 1 aromatic heterocycles. The number of hydrogen-bond donors (Lipinski definition) is 2. The fraction of sp³-hybridized carbons (Fsp3) is 0.250. The number of guanidine groups is 1. The zero-order chi connectivity index (χ0) is 16.8. The van der Waals surface area contributed by atoms with Gasteiger partial charge in [-0.3, -0.25) is 0 Å². The molecule has 1 aliphatic heterocycles. The van der Waals surface area contributed by atoms with Gasteiger partial charge in [0.15, 0.2) is 5.96 Å². The molecule has 0 saturated carbocycles. The maximum atomic E-state index is 6.17. The first kappa shape index (κ1) is 15.6. The molecular weight excluding hydrogens is 356 g/mol. The van der Waals surface area contributed by atoms with Crippen molar-refractivity contribution < 1.29 is 0 Å². The minimum absolute atomic E-state index is 0.394. The third kappa shape index (κ3) is 2.50. The first-order valence-electron chi connectivity index (χ1n) is 7.20. The first-order chi connectivity index (χ1) is 10.8. The molecule has 7 heteroatoms. The molecule has 1 atom stereocenters. The Morgan fingerprint density at radius 2 is 2.00 bits per heavy atom. The van der Waals surface area contributed by atoms with E-state index in [4.69, 9.17) is 11.5 Å². The predicted molar refractivity (Wildman–Crippen MR) is 94.9 cm³/mol. The molecule has 0 saturated heterocycles. The van der Waals surface area contributed by atoms with E-state index in [0.29, 0.717) is 11.8 Å². The molecule has 2 heterocycles. The van der Waals surface area contributed by atoms with Gasteiger partial charge in [0.05, 0.1) is 11.9 Å². The van der Waals surface area contributed by atoms with Crippen molar-refractivity contribution in [3.63, 3.8) is 0 Å². The van der Waals surface area contributed by atoms with E-state index in [1.807, 2.05) is 56.0 Å². The Kier molecular flexibility index (Phi) is 3.68. The van der Waals surface area contributed by atoms with Gasteiger partial charge in [-0.05, 0) is 37.6 Å². The molecule has 0 aliphatic carbocycles. The predicted octanol–water partition coefficient (Wildman–Crippen LogP) is 2.30. The molecule has 23 heavy (non-hydrogen) atoms. The molecular formula is C16H19BrN6. The summed E-state index contributed by atoms with van der Waals surface area (Å²) in [6.07, 6.45) is 3.76. The maximum Gasteiger partial charge on any atom is 0.197 e. The lowest BCUT2D eigenvalue weighted by molar-refractivity contribution is 0.480. The van der Waals surface area contributed by atoms with Crippen LogP contribution in [0.25, 0.3) is 5.69 Å². The number of halogens is 1. The summed E-state index contributed by atoms with van der Waals surface area (Å²) in [4.78, 5) is 6.33. The number of benzene rings is 1. The van der Waals surface area contributed by atoms with Crippen LogP contribution in [0.2, 0.25) is 0 Å². The van der Waals surface area contributed by atoms with Gasteiger partial charge >= 0.3 is 0 Å². The molecule has 0 amide bonds. The second kappa shape index (κ2) is 5.42. The van der Waals surface area contributed by atoms with E-state index in [0.717, 1.165) is 21.3 Å². The molecule has 3 rings (SSSR count). The van der Waals surface area contributed by atoms with Gasteiger partial charge in [0.1, 0.15) is 11.4 Å². The number of nitrogens with two attached hydrogens (primary N) is 2. The highest BCUT2D eigenvalue weighted by molar-refractivity contribution is 9.10. The normalized spacial score (nSPS) is 21.6. The highest BCUT2D eigenvalue weighted by Crippen LogP contribution is 2.37. The average Bonchev–Trinajstić information content (AvgIpc) is 3.02. The summed E-state index contributed by atoms with van der Waals surface area (Å²) in [5.74, 6) is 1.01. The highest BCUT2D eigenvalue weighted by Gasteiger charge is 2.36. The molecule has 1 aliphatic rings.